The smallest absolute Gasteiger partial charge is 0.245 e. The molecule has 0 aromatic rings. The van der Waals surface area contributed by atoms with E-state index in [1.165, 1.54) is 0 Å². The second-order valence-corrected chi connectivity index (χ2v) is 5.82. The first-order valence-electron chi connectivity index (χ1n) is 7.86. The number of hydrogen-bond acceptors (Lipinski definition) is 3. The average Bonchev–Trinajstić information content (AvgIpc) is 2.46. The summed E-state index contributed by atoms with van der Waals surface area (Å²) in [4.78, 5) is 26.6. The van der Waals surface area contributed by atoms with Crippen molar-refractivity contribution in [3.8, 4) is 0 Å². The average molecular weight is 282 g/mol. The number of piperazine rings is 1. The number of hydrogen-bond donors (Lipinski definition) is 1. The highest BCUT2D eigenvalue weighted by Crippen LogP contribution is 2.22. The molecule has 0 spiro atoms. The van der Waals surface area contributed by atoms with E-state index in [1.54, 1.807) is 0 Å². The molecule has 5 nitrogen and oxygen atoms in total. The lowest BCUT2D eigenvalue weighted by Crippen LogP contribution is -2.63. The molecule has 0 aromatic heterocycles. The summed E-state index contributed by atoms with van der Waals surface area (Å²) in [6.07, 6.45) is 4.28. The van der Waals surface area contributed by atoms with Crippen molar-refractivity contribution in [2.45, 2.75) is 58.0 Å². The van der Waals surface area contributed by atoms with Crippen LogP contribution in [0.25, 0.3) is 0 Å². The first-order valence-corrected chi connectivity index (χ1v) is 7.86. The van der Waals surface area contributed by atoms with E-state index in [1.807, 2.05) is 18.7 Å². The number of rotatable bonds is 5. The van der Waals surface area contributed by atoms with Gasteiger partial charge in [0.05, 0.1) is 0 Å². The second kappa shape index (κ2) is 7.07. The van der Waals surface area contributed by atoms with Gasteiger partial charge < -0.3 is 15.0 Å². The fourth-order valence-corrected chi connectivity index (χ4v) is 3.14. The predicted molar refractivity (Wildman–Crippen MR) is 76.2 cm³/mol. The Morgan fingerprint density at radius 1 is 1.25 bits per heavy atom. The molecule has 114 valence electrons. The molecule has 2 saturated heterocycles. The minimum absolute atomic E-state index is 0.0117. The van der Waals surface area contributed by atoms with Crippen molar-refractivity contribution in [3.63, 3.8) is 0 Å². The third-order valence-electron chi connectivity index (χ3n) is 4.34. The molecular weight excluding hydrogens is 256 g/mol. The van der Waals surface area contributed by atoms with Gasteiger partial charge in [-0.1, -0.05) is 20.3 Å². The highest BCUT2D eigenvalue weighted by atomic mass is 16.5. The van der Waals surface area contributed by atoms with Crippen LogP contribution in [0.3, 0.4) is 0 Å². The van der Waals surface area contributed by atoms with Gasteiger partial charge in [-0.15, -0.1) is 0 Å². The van der Waals surface area contributed by atoms with Crippen molar-refractivity contribution < 1.29 is 14.3 Å². The van der Waals surface area contributed by atoms with E-state index in [4.69, 9.17) is 4.74 Å². The Balaban J connectivity index is 2.06. The lowest BCUT2D eigenvalue weighted by atomic mass is 9.95. The zero-order valence-electron chi connectivity index (χ0n) is 12.6. The summed E-state index contributed by atoms with van der Waals surface area (Å²) in [5, 5.41) is 2.88. The number of carbonyl (C=O) groups is 2. The molecule has 2 heterocycles. The summed E-state index contributed by atoms with van der Waals surface area (Å²) in [5.41, 5.74) is 0. The predicted octanol–water partition coefficient (Wildman–Crippen LogP) is 1.32. The highest BCUT2D eigenvalue weighted by molar-refractivity contribution is 5.96. The van der Waals surface area contributed by atoms with Gasteiger partial charge in [0.2, 0.25) is 11.8 Å². The molecule has 2 fully saturated rings. The topological polar surface area (TPSA) is 58.6 Å². The van der Waals surface area contributed by atoms with Crippen molar-refractivity contribution in [1.82, 2.24) is 10.2 Å². The van der Waals surface area contributed by atoms with Crippen LogP contribution in [-0.2, 0) is 14.3 Å². The fraction of sp³-hybridized carbons (Fsp3) is 0.867. The third kappa shape index (κ3) is 3.32. The Hall–Kier alpha value is -1.10. The Labute approximate surface area is 121 Å². The Bertz CT molecular complexity index is 353. The molecule has 0 bridgehead atoms. The van der Waals surface area contributed by atoms with E-state index >= 15 is 0 Å². The van der Waals surface area contributed by atoms with Crippen LogP contribution >= 0.6 is 0 Å². The first-order chi connectivity index (χ1) is 9.67. The number of ether oxygens (including phenoxy) is 1. The van der Waals surface area contributed by atoms with Gasteiger partial charge in [-0.25, -0.2) is 0 Å². The molecule has 2 unspecified atom stereocenters. The Kier molecular flexibility index (Phi) is 5.40. The van der Waals surface area contributed by atoms with Crippen LogP contribution in [0.1, 0.15) is 46.0 Å². The van der Waals surface area contributed by atoms with Gasteiger partial charge in [-0.3, -0.25) is 9.59 Å². The molecular formula is C15H26N2O3. The molecule has 2 atom stereocenters. The Morgan fingerprint density at radius 3 is 2.55 bits per heavy atom. The van der Waals surface area contributed by atoms with Crippen molar-refractivity contribution in [3.05, 3.63) is 0 Å². The van der Waals surface area contributed by atoms with Crippen molar-refractivity contribution in [2.75, 3.05) is 19.8 Å². The third-order valence-corrected chi connectivity index (χ3v) is 4.34. The molecule has 2 aliphatic rings. The van der Waals surface area contributed by atoms with Gasteiger partial charge in [0.25, 0.3) is 0 Å². The first kappa shape index (κ1) is 15.3. The zero-order valence-corrected chi connectivity index (χ0v) is 12.6. The van der Waals surface area contributed by atoms with E-state index in [-0.39, 0.29) is 23.9 Å². The van der Waals surface area contributed by atoms with Gasteiger partial charge in [0.1, 0.15) is 12.1 Å². The molecule has 0 radical (unpaired) electrons. The van der Waals surface area contributed by atoms with Crippen LogP contribution in [0.15, 0.2) is 0 Å². The minimum atomic E-state index is -0.324. The maximum absolute atomic E-state index is 12.6. The SMILES string of the molecule is CCCC1NC(=O)C(CC)N(CC2CCOCC2)C1=O. The van der Waals surface area contributed by atoms with Gasteiger partial charge in [0.15, 0.2) is 0 Å². The summed E-state index contributed by atoms with van der Waals surface area (Å²) in [6, 6.07) is -0.617. The number of nitrogens with one attached hydrogen (secondary N) is 1. The van der Waals surface area contributed by atoms with E-state index in [9.17, 15) is 9.59 Å². The molecule has 1 N–H and O–H groups in total. The van der Waals surface area contributed by atoms with Gasteiger partial charge in [-0.05, 0) is 31.6 Å². The molecule has 5 heteroatoms. The number of nitrogens with zero attached hydrogens (tertiary/aromatic N) is 1. The monoisotopic (exact) mass is 282 g/mol. The van der Waals surface area contributed by atoms with Crippen molar-refractivity contribution >= 4 is 11.8 Å². The summed E-state index contributed by atoms with van der Waals surface area (Å²) in [5.74, 6) is 0.581. The fourth-order valence-electron chi connectivity index (χ4n) is 3.14. The maximum Gasteiger partial charge on any atom is 0.245 e. The molecule has 2 aliphatic heterocycles. The number of carbonyl (C=O) groups excluding carboxylic acids is 2. The molecule has 20 heavy (non-hydrogen) atoms. The van der Waals surface area contributed by atoms with Gasteiger partial charge in [-0.2, -0.15) is 0 Å². The van der Waals surface area contributed by atoms with E-state index < -0.39 is 0 Å². The van der Waals surface area contributed by atoms with E-state index in [0.29, 0.717) is 18.9 Å². The van der Waals surface area contributed by atoms with Crippen LogP contribution in [0.2, 0.25) is 0 Å². The molecule has 0 saturated carbocycles. The standard InChI is InChI=1S/C15H26N2O3/c1-3-5-12-15(19)17(13(4-2)14(18)16-12)10-11-6-8-20-9-7-11/h11-13H,3-10H2,1-2H3,(H,16,18). The number of amides is 2. The summed E-state index contributed by atoms with van der Waals surface area (Å²) < 4.78 is 5.37. The van der Waals surface area contributed by atoms with E-state index in [2.05, 4.69) is 5.32 Å². The van der Waals surface area contributed by atoms with Crippen LogP contribution in [0.4, 0.5) is 0 Å². The van der Waals surface area contributed by atoms with Crippen molar-refractivity contribution in [2.24, 2.45) is 5.92 Å². The summed E-state index contributed by atoms with van der Waals surface area (Å²) in [6.45, 7) is 6.25. The normalized spacial score (nSPS) is 28.6. The second-order valence-electron chi connectivity index (χ2n) is 5.82. The van der Waals surface area contributed by atoms with Gasteiger partial charge in [0, 0.05) is 19.8 Å². The van der Waals surface area contributed by atoms with Crippen LogP contribution < -0.4 is 5.32 Å². The van der Waals surface area contributed by atoms with Crippen molar-refractivity contribution in [1.29, 1.82) is 0 Å². The molecule has 0 aromatic carbocycles. The highest BCUT2D eigenvalue weighted by Gasteiger charge is 2.39. The molecule has 0 aliphatic carbocycles. The minimum Gasteiger partial charge on any atom is -0.381 e. The van der Waals surface area contributed by atoms with Gasteiger partial charge >= 0.3 is 0 Å². The maximum atomic E-state index is 12.6. The van der Waals surface area contributed by atoms with Crippen LogP contribution in [-0.4, -0.2) is 48.6 Å². The van der Waals surface area contributed by atoms with Crippen LogP contribution in [0.5, 0.6) is 0 Å². The summed E-state index contributed by atoms with van der Waals surface area (Å²) in [7, 11) is 0. The lowest BCUT2D eigenvalue weighted by molar-refractivity contribution is -0.150. The zero-order chi connectivity index (χ0) is 14.5. The molecule has 2 amide bonds. The molecule has 2 rings (SSSR count). The van der Waals surface area contributed by atoms with Crippen LogP contribution in [0, 0.1) is 5.92 Å². The Morgan fingerprint density at radius 2 is 1.95 bits per heavy atom. The largest absolute Gasteiger partial charge is 0.381 e. The quantitative estimate of drug-likeness (QED) is 0.827. The summed E-state index contributed by atoms with van der Waals surface area (Å²) >= 11 is 0. The lowest BCUT2D eigenvalue weighted by Gasteiger charge is -2.41. The van der Waals surface area contributed by atoms with E-state index in [0.717, 1.165) is 38.9 Å².